The first kappa shape index (κ1) is 19.3. The molecule has 2 aromatic rings. The quantitative estimate of drug-likeness (QED) is 0.544. The summed E-state index contributed by atoms with van der Waals surface area (Å²) < 4.78 is 0. The van der Waals surface area contributed by atoms with Gasteiger partial charge in [0.05, 0.1) is 17.5 Å². The molecule has 2 aliphatic rings. The van der Waals surface area contributed by atoms with Gasteiger partial charge in [-0.05, 0) is 12.8 Å². The summed E-state index contributed by atoms with van der Waals surface area (Å²) in [7, 11) is 0. The van der Waals surface area contributed by atoms with Gasteiger partial charge in [-0.15, -0.1) is 17.9 Å². The number of amides is 3. The molecule has 0 radical (unpaired) electrons. The third-order valence-corrected chi connectivity index (χ3v) is 6.16. The fourth-order valence-corrected chi connectivity index (χ4v) is 4.65. The van der Waals surface area contributed by atoms with Crippen LogP contribution >= 0.6 is 11.3 Å². The van der Waals surface area contributed by atoms with Gasteiger partial charge in [0.1, 0.15) is 6.54 Å². The van der Waals surface area contributed by atoms with Crippen LogP contribution in [0.1, 0.15) is 12.8 Å². The maximum atomic E-state index is 13.0. The molecule has 29 heavy (non-hydrogen) atoms. The van der Waals surface area contributed by atoms with E-state index in [0.717, 1.165) is 16.2 Å². The van der Waals surface area contributed by atoms with E-state index in [4.69, 9.17) is 0 Å². The molecular formula is C22H21N3O3S. The van der Waals surface area contributed by atoms with E-state index in [1.807, 2.05) is 47.9 Å². The van der Waals surface area contributed by atoms with Crippen molar-refractivity contribution in [2.75, 3.05) is 18.0 Å². The number of likely N-dealkylation sites (tertiary alicyclic amines) is 1. The molecule has 0 N–H and O–H groups in total. The zero-order chi connectivity index (χ0) is 20.4. The summed E-state index contributed by atoms with van der Waals surface area (Å²) in [6.45, 7) is 3.71. The SMILES string of the molecule is C=CCN(C(=O)CN1C(=O)C2CC=CCC2C1=O)c1nc(-c2ccccc2)cs1. The van der Waals surface area contributed by atoms with Gasteiger partial charge in [0.25, 0.3) is 0 Å². The molecule has 0 saturated carbocycles. The van der Waals surface area contributed by atoms with Crippen molar-refractivity contribution >= 4 is 34.2 Å². The number of carbonyl (C=O) groups is 3. The normalized spacial score (nSPS) is 20.6. The number of hydrogen-bond acceptors (Lipinski definition) is 5. The van der Waals surface area contributed by atoms with Gasteiger partial charge in [-0.25, -0.2) is 4.98 Å². The van der Waals surface area contributed by atoms with E-state index in [9.17, 15) is 14.4 Å². The lowest BCUT2D eigenvalue weighted by Crippen LogP contribution is -2.43. The molecule has 1 aliphatic heterocycles. The third-order valence-electron chi connectivity index (χ3n) is 5.30. The zero-order valence-corrected chi connectivity index (χ0v) is 16.7. The van der Waals surface area contributed by atoms with E-state index in [-0.39, 0.29) is 42.6 Å². The Hall–Kier alpha value is -3.06. The van der Waals surface area contributed by atoms with Crippen LogP contribution in [0.15, 0.2) is 60.5 Å². The second-order valence-corrected chi connectivity index (χ2v) is 7.93. The number of rotatable bonds is 6. The monoisotopic (exact) mass is 407 g/mol. The molecule has 2 heterocycles. The Morgan fingerprint density at radius 3 is 2.45 bits per heavy atom. The van der Waals surface area contributed by atoms with Crippen molar-refractivity contribution < 1.29 is 14.4 Å². The molecule has 1 aliphatic carbocycles. The van der Waals surface area contributed by atoms with Crippen LogP contribution in [0, 0.1) is 11.8 Å². The maximum absolute atomic E-state index is 13.0. The van der Waals surface area contributed by atoms with Gasteiger partial charge in [0, 0.05) is 17.5 Å². The van der Waals surface area contributed by atoms with Gasteiger partial charge in [-0.3, -0.25) is 24.2 Å². The number of thiazole rings is 1. The molecule has 6 nitrogen and oxygen atoms in total. The van der Waals surface area contributed by atoms with Crippen LogP contribution in [0.25, 0.3) is 11.3 Å². The van der Waals surface area contributed by atoms with Crippen LogP contribution in [-0.4, -0.2) is 40.7 Å². The first-order valence-corrected chi connectivity index (χ1v) is 10.4. The minimum atomic E-state index is -0.341. The largest absolute Gasteiger partial charge is 0.283 e. The summed E-state index contributed by atoms with van der Waals surface area (Å²) in [5.41, 5.74) is 1.74. The van der Waals surface area contributed by atoms with Crippen molar-refractivity contribution in [3.8, 4) is 11.3 Å². The molecule has 148 valence electrons. The van der Waals surface area contributed by atoms with E-state index < -0.39 is 0 Å². The van der Waals surface area contributed by atoms with E-state index in [1.165, 1.54) is 16.2 Å². The fraction of sp³-hybridized carbons (Fsp3) is 0.273. The standard InChI is InChI=1S/C22H21N3O3S/c1-2-12-24(22-23-18(14-29-22)15-8-4-3-5-9-15)19(26)13-25-20(27)16-10-6-7-11-17(16)21(25)28/h2-9,14,16-17H,1,10-13H2. The topological polar surface area (TPSA) is 70.6 Å². The molecule has 2 atom stereocenters. The lowest BCUT2D eigenvalue weighted by molar-refractivity contribution is -0.143. The fourth-order valence-electron chi connectivity index (χ4n) is 3.79. The predicted octanol–water partition coefficient (Wildman–Crippen LogP) is 3.28. The summed E-state index contributed by atoms with van der Waals surface area (Å²) in [4.78, 5) is 45.5. The van der Waals surface area contributed by atoms with Crippen LogP contribution in [0.2, 0.25) is 0 Å². The summed E-state index contributed by atoms with van der Waals surface area (Å²) in [5, 5.41) is 2.41. The van der Waals surface area contributed by atoms with Gasteiger partial charge < -0.3 is 0 Å². The van der Waals surface area contributed by atoms with Gasteiger partial charge in [0.15, 0.2) is 5.13 Å². The average Bonchev–Trinajstić information content (AvgIpc) is 3.33. The second-order valence-electron chi connectivity index (χ2n) is 7.09. The van der Waals surface area contributed by atoms with E-state index in [2.05, 4.69) is 11.6 Å². The first-order valence-electron chi connectivity index (χ1n) is 9.52. The summed E-state index contributed by atoms with van der Waals surface area (Å²) in [6, 6.07) is 9.70. The highest BCUT2D eigenvalue weighted by Crippen LogP contribution is 2.35. The molecule has 0 bridgehead atoms. The number of aromatic nitrogens is 1. The first-order chi connectivity index (χ1) is 14.1. The van der Waals surface area contributed by atoms with E-state index >= 15 is 0 Å². The Morgan fingerprint density at radius 2 is 1.83 bits per heavy atom. The summed E-state index contributed by atoms with van der Waals surface area (Å²) in [6.07, 6.45) is 6.59. The van der Waals surface area contributed by atoms with Crippen molar-refractivity contribution in [2.45, 2.75) is 12.8 Å². The van der Waals surface area contributed by atoms with Gasteiger partial charge in [-0.2, -0.15) is 0 Å². The maximum Gasteiger partial charge on any atom is 0.249 e. The van der Waals surface area contributed by atoms with Crippen LogP contribution < -0.4 is 4.90 Å². The third kappa shape index (κ3) is 3.65. The molecule has 7 heteroatoms. The summed E-state index contributed by atoms with van der Waals surface area (Å²) in [5.74, 6) is -1.51. The van der Waals surface area contributed by atoms with Gasteiger partial charge in [-0.1, -0.05) is 48.6 Å². The molecule has 4 rings (SSSR count). The molecule has 3 amide bonds. The molecule has 1 aromatic heterocycles. The number of imide groups is 1. The van der Waals surface area contributed by atoms with Crippen LogP contribution in [0.3, 0.4) is 0 Å². The number of carbonyl (C=O) groups excluding carboxylic acids is 3. The number of anilines is 1. The zero-order valence-electron chi connectivity index (χ0n) is 15.9. The average molecular weight is 407 g/mol. The minimum absolute atomic E-state index is 0.250. The van der Waals surface area contributed by atoms with E-state index in [0.29, 0.717) is 18.0 Å². The van der Waals surface area contributed by atoms with Crippen molar-refractivity contribution in [3.05, 3.63) is 60.5 Å². The highest BCUT2D eigenvalue weighted by molar-refractivity contribution is 7.14. The molecular weight excluding hydrogens is 386 g/mol. The molecule has 0 spiro atoms. The van der Waals surface area contributed by atoms with Crippen molar-refractivity contribution in [1.29, 1.82) is 0 Å². The Bertz CT molecular complexity index is 956. The molecule has 1 aromatic carbocycles. The highest BCUT2D eigenvalue weighted by atomic mass is 32.1. The van der Waals surface area contributed by atoms with Crippen LogP contribution in [-0.2, 0) is 14.4 Å². The Balaban J connectivity index is 1.53. The van der Waals surface area contributed by atoms with Crippen LogP contribution in [0.4, 0.5) is 5.13 Å². The highest BCUT2D eigenvalue weighted by Gasteiger charge is 2.48. The van der Waals surface area contributed by atoms with Crippen LogP contribution in [0.5, 0.6) is 0 Å². The Labute approximate surface area is 173 Å². The molecule has 2 unspecified atom stereocenters. The number of allylic oxidation sites excluding steroid dienone is 2. The minimum Gasteiger partial charge on any atom is -0.283 e. The Kier molecular flexibility index (Phi) is 5.40. The predicted molar refractivity (Wildman–Crippen MR) is 112 cm³/mol. The molecule has 1 saturated heterocycles. The molecule has 1 fully saturated rings. The van der Waals surface area contributed by atoms with E-state index in [1.54, 1.807) is 6.08 Å². The lowest BCUT2D eigenvalue weighted by atomic mass is 9.85. The second kappa shape index (κ2) is 8.13. The van der Waals surface area contributed by atoms with Gasteiger partial charge >= 0.3 is 0 Å². The number of nitrogens with zero attached hydrogens (tertiary/aromatic N) is 3. The van der Waals surface area contributed by atoms with Crippen molar-refractivity contribution in [3.63, 3.8) is 0 Å². The van der Waals surface area contributed by atoms with Gasteiger partial charge in [0.2, 0.25) is 17.7 Å². The van der Waals surface area contributed by atoms with Crippen molar-refractivity contribution in [2.24, 2.45) is 11.8 Å². The summed E-state index contributed by atoms with van der Waals surface area (Å²) >= 11 is 1.35. The Morgan fingerprint density at radius 1 is 1.17 bits per heavy atom. The number of hydrogen-bond donors (Lipinski definition) is 0. The van der Waals surface area contributed by atoms with Crippen molar-refractivity contribution in [1.82, 2.24) is 9.88 Å². The smallest absolute Gasteiger partial charge is 0.249 e. The number of benzene rings is 1. The number of fused-ring (bicyclic) bond motifs is 1. The lowest BCUT2D eigenvalue weighted by Gasteiger charge is -2.21.